The van der Waals surface area contributed by atoms with E-state index in [0.717, 1.165) is 19.3 Å². The van der Waals surface area contributed by atoms with Crippen molar-refractivity contribution in [2.24, 2.45) is 5.92 Å². The van der Waals surface area contributed by atoms with Gasteiger partial charge in [-0.1, -0.05) is 49.5 Å². The number of hydrogen-bond donors (Lipinski definition) is 0. The predicted octanol–water partition coefficient (Wildman–Crippen LogP) is 4.33. The van der Waals surface area contributed by atoms with Gasteiger partial charge in [-0.15, -0.1) is 0 Å². The standard InChI is InChI=1S/C16H24OSi/c1-12-8-10-13(11-9-12)16(18(2,3)4)14-6-5-7-15(14)17/h8-11,14,16H,5-7H2,1-4H3. The summed E-state index contributed by atoms with van der Waals surface area (Å²) in [6, 6.07) is 8.84. The van der Waals surface area contributed by atoms with Crippen molar-refractivity contribution in [1.29, 1.82) is 0 Å². The van der Waals surface area contributed by atoms with Gasteiger partial charge in [0.25, 0.3) is 0 Å². The number of hydrogen-bond acceptors (Lipinski definition) is 1. The lowest BCUT2D eigenvalue weighted by Gasteiger charge is -2.33. The zero-order chi connectivity index (χ0) is 13.3. The van der Waals surface area contributed by atoms with Gasteiger partial charge in [0.15, 0.2) is 0 Å². The molecule has 0 amide bonds. The van der Waals surface area contributed by atoms with Crippen LogP contribution in [0.4, 0.5) is 0 Å². The summed E-state index contributed by atoms with van der Waals surface area (Å²) in [5, 5.41) is 0. The number of ketones is 1. The van der Waals surface area contributed by atoms with Crippen molar-refractivity contribution in [1.82, 2.24) is 0 Å². The zero-order valence-corrected chi connectivity index (χ0v) is 13.0. The summed E-state index contributed by atoms with van der Waals surface area (Å²) in [4.78, 5) is 12.1. The van der Waals surface area contributed by atoms with Crippen molar-refractivity contribution in [2.75, 3.05) is 0 Å². The van der Waals surface area contributed by atoms with E-state index in [1.165, 1.54) is 11.1 Å². The molecule has 1 saturated carbocycles. The molecule has 0 N–H and O–H groups in total. The van der Waals surface area contributed by atoms with E-state index in [9.17, 15) is 4.79 Å². The number of aryl methyl sites for hydroxylation is 1. The largest absolute Gasteiger partial charge is 0.299 e. The van der Waals surface area contributed by atoms with Gasteiger partial charge in [0, 0.05) is 12.3 Å². The van der Waals surface area contributed by atoms with Crippen LogP contribution in [0.5, 0.6) is 0 Å². The van der Waals surface area contributed by atoms with E-state index in [0.29, 0.717) is 17.2 Å². The van der Waals surface area contributed by atoms with Crippen LogP contribution in [0.25, 0.3) is 0 Å². The molecule has 0 aromatic heterocycles. The molecule has 1 aromatic carbocycles. The zero-order valence-electron chi connectivity index (χ0n) is 12.0. The van der Waals surface area contributed by atoms with Crippen LogP contribution in [0, 0.1) is 12.8 Å². The first-order chi connectivity index (χ1) is 8.39. The first-order valence-electron chi connectivity index (χ1n) is 6.99. The van der Waals surface area contributed by atoms with Crippen LogP contribution in [0.2, 0.25) is 19.6 Å². The van der Waals surface area contributed by atoms with E-state index in [1.54, 1.807) is 0 Å². The molecule has 1 fully saturated rings. The Morgan fingerprint density at radius 2 is 1.78 bits per heavy atom. The van der Waals surface area contributed by atoms with Crippen molar-refractivity contribution in [3.05, 3.63) is 35.4 Å². The highest BCUT2D eigenvalue weighted by Crippen LogP contribution is 2.40. The maximum atomic E-state index is 12.1. The Balaban J connectivity index is 2.37. The number of Topliss-reactive ketones (excluding diaryl/α,β-unsaturated/α-hetero) is 1. The number of carbonyl (C=O) groups is 1. The lowest BCUT2D eigenvalue weighted by molar-refractivity contribution is -0.120. The van der Waals surface area contributed by atoms with Crippen LogP contribution in [-0.2, 0) is 4.79 Å². The summed E-state index contributed by atoms with van der Waals surface area (Å²) in [5.74, 6) is 0.794. The minimum absolute atomic E-state index is 0.291. The van der Waals surface area contributed by atoms with Gasteiger partial charge in [0.1, 0.15) is 5.78 Å². The average molecular weight is 260 g/mol. The van der Waals surface area contributed by atoms with Crippen LogP contribution in [-0.4, -0.2) is 13.9 Å². The normalized spacial score (nSPS) is 22.2. The Labute approximate surface area is 112 Å². The van der Waals surface area contributed by atoms with Crippen molar-refractivity contribution in [2.45, 2.75) is 51.4 Å². The second-order valence-corrected chi connectivity index (χ2v) is 12.1. The second kappa shape index (κ2) is 5.00. The van der Waals surface area contributed by atoms with Gasteiger partial charge in [0.05, 0.1) is 8.07 Å². The van der Waals surface area contributed by atoms with Crippen molar-refractivity contribution >= 4 is 13.9 Å². The molecule has 0 spiro atoms. The van der Waals surface area contributed by atoms with Crippen molar-refractivity contribution in [3.8, 4) is 0 Å². The average Bonchev–Trinajstić information content (AvgIpc) is 2.66. The molecular weight excluding hydrogens is 236 g/mol. The Kier molecular flexibility index (Phi) is 3.76. The maximum Gasteiger partial charge on any atom is 0.136 e. The summed E-state index contributed by atoms with van der Waals surface area (Å²) >= 11 is 0. The molecule has 2 atom stereocenters. The van der Waals surface area contributed by atoms with Gasteiger partial charge in [0.2, 0.25) is 0 Å². The Morgan fingerprint density at radius 3 is 2.22 bits per heavy atom. The first kappa shape index (κ1) is 13.5. The van der Waals surface area contributed by atoms with E-state index < -0.39 is 8.07 Å². The molecule has 2 unspecified atom stereocenters. The smallest absolute Gasteiger partial charge is 0.136 e. The number of rotatable bonds is 3. The Morgan fingerprint density at radius 1 is 1.17 bits per heavy atom. The maximum absolute atomic E-state index is 12.1. The summed E-state index contributed by atoms with van der Waals surface area (Å²) in [5.41, 5.74) is 3.18. The van der Waals surface area contributed by atoms with Crippen LogP contribution in [0.15, 0.2) is 24.3 Å². The van der Waals surface area contributed by atoms with E-state index in [-0.39, 0.29) is 0 Å². The summed E-state index contributed by atoms with van der Waals surface area (Å²) in [7, 11) is -1.37. The fourth-order valence-corrected chi connectivity index (χ4v) is 6.06. The molecule has 0 heterocycles. The van der Waals surface area contributed by atoms with E-state index in [1.807, 2.05) is 0 Å². The van der Waals surface area contributed by atoms with Gasteiger partial charge in [-0.25, -0.2) is 0 Å². The Hall–Kier alpha value is -0.893. The summed E-state index contributed by atoms with van der Waals surface area (Å²) in [6.45, 7) is 9.30. The molecule has 1 aliphatic carbocycles. The highest BCUT2D eigenvalue weighted by atomic mass is 28.3. The SMILES string of the molecule is Cc1ccc(C(C2CCCC2=O)[Si](C)(C)C)cc1. The van der Waals surface area contributed by atoms with E-state index in [2.05, 4.69) is 50.8 Å². The minimum atomic E-state index is -1.37. The molecule has 0 saturated heterocycles. The molecule has 1 nitrogen and oxygen atoms in total. The van der Waals surface area contributed by atoms with Crippen LogP contribution in [0.1, 0.15) is 35.9 Å². The van der Waals surface area contributed by atoms with Gasteiger partial charge in [-0.2, -0.15) is 0 Å². The van der Waals surface area contributed by atoms with E-state index >= 15 is 0 Å². The first-order valence-corrected chi connectivity index (χ1v) is 10.6. The summed E-state index contributed by atoms with van der Waals surface area (Å²) in [6.07, 6.45) is 3.00. The van der Waals surface area contributed by atoms with Gasteiger partial charge in [-0.05, 0) is 30.9 Å². The molecule has 1 aromatic rings. The topological polar surface area (TPSA) is 17.1 Å². The number of benzene rings is 1. The van der Waals surface area contributed by atoms with Gasteiger partial charge >= 0.3 is 0 Å². The molecule has 98 valence electrons. The monoisotopic (exact) mass is 260 g/mol. The minimum Gasteiger partial charge on any atom is -0.299 e. The van der Waals surface area contributed by atoms with E-state index in [4.69, 9.17) is 0 Å². The van der Waals surface area contributed by atoms with Gasteiger partial charge < -0.3 is 0 Å². The molecule has 0 aliphatic heterocycles. The molecule has 0 bridgehead atoms. The second-order valence-electron chi connectivity index (χ2n) is 6.72. The molecule has 2 rings (SSSR count). The lowest BCUT2D eigenvalue weighted by Crippen LogP contribution is -2.37. The third kappa shape index (κ3) is 2.74. The number of carbonyl (C=O) groups excluding carboxylic acids is 1. The molecular formula is C16H24OSi. The molecule has 1 aliphatic rings. The molecule has 2 heteroatoms. The highest BCUT2D eigenvalue weighted by molar-refractivity contribution is 6.77. The van der Waals surface area contributed by atoms with Crippen LogP contribution in [0.3, 0.4) is 0 Å². The third-order valence-corrected chi connectivity index (χ3v) is 6.73. The quantitative estimate of drug-likeness (QED) is 0.740. The van der Waals surface area contributed by atoms with Crippen molar-refractivity contribution < 1.29 is 4.79 Å². The summed E-state index contributed by atoms with van der Waals surface area (Å²) < 4.78 is 0. The lowest BCUT2D eigenvalue weighted by atomic mass is 9.95. The van der Waals surface area contributed by atoms with Crippen molar-refractivity contribution in [3.63, 3.8) is 0 Å². The highest BCUT2D eigenvalue weighted by Gasteiger charge is 2.40. The molecule has 18 heavy (non-hydrogen) atoms. The fraction of sp³-hybridized carbons (Fsp3) is 0.562. The Bertz CT molecular complexity index is 427. The third-order valence-electron chi connectivity index (χ3n) is 4.12. The fourth-order valence-electron chi connectivity index (χ4n) is 3.30. The predicted molar refractivity (Wildman–Crippen MR) is 79.6 cm³/mol. The molecule has 0 radical (unpaired) electrons. The van der Waals surface area contributed by atoms with Gasteiger partial charge in [-0.3, -0.25) is 4.79 Å². The van der Waals surface area contributed by atoms with Crippen LogP contribution < -0.4 is 0 Å². The van der Waals surface area contributed by atoms with Crippen LogP contribution >= 0.6 is 0 Å².